The normalized spacial score (nSPS) is 12.0. The number of imidazole rings is 1. The zero-order valence-electron chi connectivity index (χ0n) is 34.8. The van der Waals surface area contributed by atoms with E-state index in [9.17, 15) is 4.39 Å². The smallest absolute Gasteiger partial charge is 0.148 e. The van der Waals surface area contributed by atoms with Crippen LogP contribution in [-0.4, -0.2) is 22.6 Å². The van der Waals surface area contributed by atoms with Crippen molar-refractivity contribution in [1.29, 1.82) is 0 Å². The van der Waals surface area contributed by atoms with Crippen molar-refractivity contribution >= 4 is 57.0 Å². The van der Waals surface area contributed by atoms with Crippen molar-refractivity contribution in [3.8, 4) is 39.5 Å². The van der Waals surface area contributed by atoms with Gasteiger partial charge in [-0.3, -0.25) is 4.98 Å². The van der Waals surface area contributed by atoms with E-state index in [1.54, 1.807) is 24.3 Å². The fraction of sp³-hybridized carbons (Fsp3) is 0.115. The minimum Gasteiger partial charge on any atom is -0.501 e. The molecule has 3 aromatic heterocycles. The van der Waals surface area contributed by atoms with Crippen LogP contribution in [0.5, 0.6) is 0 Å². The van der Waals surface area contributed by atoms with Crippen LogP contribution >= 0.6 is 0 Å². The Kier molecular flexibility index (Phi) is 10.9. The molecule has 0 spiro atoms. The number of aromatic nitrogens is 3. The molecule has 0 aliphatic carbocycles. The van der Waals surface area contributed by atoms with Gasteiger partial charge in [-0.05, 0) is 69.5 Å². The number of benzene rings is 7. The molecule has 0 amide bonds. The molecule has 0 saturated carbocycles. The summed E-state index contributed by atoms with van der Waals surface area (Å²) >= 11 is 0. The zero-order chi connectivity index (χ0) is 41.8. The summed E-state index contributed by atoms with van der Waals surface area (Å²) < 4.78 is 46.6. The average Bonchev–Trinajstić information content (AvgIpc) is 3.83. The molecule has 0 unspecified atom stereocenters. The van der Waals surface area contributed by atoms with Gasteiger partial charge < -0.3 is 14.0 Å². The molecule has 10 rings (SSSR count). The van der Waals surface area contributed by atoms with E-state index in [0.29, 0.717) is 39.2 Å². The second-order valence-corrected chi connectivity index (χ2v) is 21.0. The first-order chi connectivity index (χ1) is 28.8. The first-order valence-corrected chi connectivity index (χ1v) is 23.1. The maximum atomic E-state index is 15.4. The van der Waals surface area contributed by atoms with Gasteiger partial charge in [-0.1, -0.05) is 123 Å². The monoisotopic (exact) mass is 983 g/mol. The summed E-state index contributed by atoms with van der Waals surface area (Å²) in [5.41, 5.74) is 7.74. The molecule has 0 aliphatic heterocycles. The molecule has 0 bridgehead atoms. The van der Waals surface area contributed by atoms with Gasteiger partial charge >= 0.3 is 0 Å². The Balaban J connectivity index is 0.000000208. The second-order valence-electron chi connectivity index (χ2n) is 15.9. The molecule has 0 fully saturated rings. The van der Waals surface area contributed by atoms with Gasteiger partial charge in [0.15, 0.2) is 0 Å². The summed E-state index contributed by atoms with van der Waals surface area (Å²) in [5, 5.41) is 5.17. The van der Waals surface area contributed by atoms with Crippen LogP contribution in [0, 0.1) is 23.8 Å². The molecule has 60 heavy (non-hydrogen) atoms. The number of fused-ring (bicyclic) bond motifs is 5. The minimum atomic E-state index is -1.50. The molecular weight excluding hydrogens is 941 g/mol. The Morgan fingerprint density at radius 1 is 0.733 bits per heavy atom. The van der Waals surface area contributed by atoms with Crippen LogP contribution in [0.4, 0.5) is 8.78 Å². The standard InChI is InChI=1S/C35H19F2N2O.C17H22NSi.Ir/c36-29-12-4-3-9-25(29)23-16-18-26-27-10-5-11-28(34(27)40-32(26)20-23)35-38-31-14-6-13-30(37)33(31)39(35)24-17-15-21-7-1-2-8-22(21)19-24;1-13(2)15-11-16(14-9-7-6-8-10-14)18-12-17(15)19(3,4)5;/h1-10,12-20H;6-9,11-13H,1-5H3;/q2*-1;/i;13D;. The van der Waals surface area contributed by atoms with E-state index < -0.39 is 14.0 Å². The van der Waals surface area contributed by atoms with Crippen molar-refractivity contribution in [3.05, 3.63) is 181 Å². The maximum absolute atomic E-state index is 15.4. The third-order valence-corrected chi connectivity index (χ3v) is 12.7. The van der Waals surface area contributed by atoms with Crippen molar-refractivity contribution in [1.82, 2.24) is 14.5 Å². The molecule has 3 heterocycles. The van der Waals surface area contributed by atoms with Crippen molar-refractivity contribution in [2.45, 2.75) is 39.4 Å². The predicted molar refractivity (Wildman–Crippen MR) is 241 cm³/mol. The van der Waals surface area contributed by atoms with Crippen molar-refractivity contribution < 1.29 is 34.7 Å². The summed E-state index contributed by atoms with van der Waals surface area (Å²) in [7, 11) is -1.50. The minimum absolute atomic E-state index is 0. The van der Waals surface area contributed by atoms with Crippen LogP contribution in [0.25, 0.3) is 83.2 Å². The molecule has 10 aromatic rings. The third-order valence-electron chi connectivity index (χ3n) is 10.7. The fourth-order valence-corrected chi connectivity index (χ4v) is 9.34. The number of hydrogen-bond donors (Lipinski definition) is 0. The van der Waals surface area contributed by atoms with Gasteiger partial charge in [0.1, 0.15) is 17.2 Å². The first kappa shape index (κ1) is 39.4. The van der Waals surface area contributed by atoms with Gasteiger partial charge in [0, 0.05) is 44.3 Å². The van der Waals surface area contributed by atoms with E-state index in [1.807, 2.05) is 128 Å². The topological polar surface area (TPSA) is 43.9 Å². The molecule has 4 nitrogen and oxygen atoms in total. The summed E-state index contributed by atoms with van der Waals surface area (Å²) in [6.07, 6.45) is 1.98. The average molecular weight is 983 g/mol. The summed E-state index contributed by atoms with van der Waals surface area (Å²) in [5.74, 6) is -0.745. The summed E-state index contributed by atoms with van der Waals surface area (Å²) in [4.78, 5) is 9.49. The summed E-state index contributed by atoms with van der Waals surface area (Å²) in [6.45, 7) is 10.8. The van der Waals surface area contributed by atoms with Crippen molar-refractivity contribution in [3.63, 3.8) is 0 Å². The second kappa shape index (κ2) is 16.5. The van der Waals surface area contributed by atoms with Crippen LogP contribution in [0.1, 0.15) is 26.7 Å². The first-order valence-electron chi connectivity index (χ1n) is 20.1. The molecule has 0 atom stereocenters. The Labute approximate surface area is 364 Å². The van der Waals surface area contributed by atoms with E-state index in [-0.39, 0.29) is 31.7 Å². The largest absolute Gasteiger partial charge is 0.501 e. The van der Waals surface area contributed by atoms with Gasteiger partial charge in [-0.15, -0.1) is 54.1 Å². The SMILES string of the molecule is Fc1ccccc1-c1ccc2c(c1)oc1c(-c3nc4cccc(F)c4n3-c3ccc4ccccc4c3)[c-]ccc12.[2H]C(C)(C)c1cc(-c2[c-]cccc2)ncc1[Si](C)(C)C.[Ir]. The van der Waals surface area contributed by atoms with Crippen LogP contribution < -0.4 is 5.19 Å². The quantitative estimate of drug-likeness (QED) is 0.123. The number of furan rings is 1. The molecule has 1 radical (unpaired) electrons. The predicted octanol–water partition coefficient (Wildman–Crippen LogP) is 13.7. The molecule has 299 valence electrons. The Hall–Kier alpha value is -6.05. The maximum Gasteiger partial charge on any atom is 0.148 e. The number of para-hydroxylation sites is 1. The number of hydrogen-bond acceptors (Lipinski definition) is 3. The van der Waals surface area contributed by atoms with Gasteiger partial charge in [0.2, 0.25) is 0 Å². The number of halogens is 2. The van der Waals surface area contributed by atoms with Crippen LogP contribution in [0.2, 0.25) is 19.6 Å². The molecule has 0 saturated heterocycles. The Bertz CT molecular complexity index is 3220. The Morgan fingerprint density at radius 3 is 2.27 bits per heavy atom. The zero-order valence-corrected chi connectivity index (χ0v) is 37.2. The van der Waals surface area contributed by atoms with E-state index in [2.05, 4.69) is 42.8 Å². The van der Waals surface area contributed by atoms with E-state index >= 15 is 4.39 Å². The van der Waals surface area contributed by atoms with Gasteiger partial charge in [-0.25, -0.2) is 8.78 Å². The van der Waals surface area contributed by atoms with E-state index in [0.717, 1.165) is 49.6 Å². The van der Waals surface area contributed by atoms with Gasteiger partial charge in [0.25, 0.3) is 0 Å². The van der Waals surface area contributed by atoms with E-state index in [4.69, 9.17) is 10.8 Å². The fourth-order valence-electron chi connectivity index (χ4n) is 7.76. The molecule has 0 aliphatic rings. The number of pyridine rings is 1. The van der Waals surface area contributed by atoms with Gasteiger partial charge in [-0.2, -0.15) is 0 Å². The number of rotatable bonds is 6. The van der Waals surface area contributed by atoms with Crippen molar-refractivity contribution in [2.24, 2.45) is 0 Å². The van der Waals surface area contributed by atoms with Crippen LogP contribution in [0.15, 0.2) is 156 Å². The van der Waals surface area contributed by atoms with Crippen molar-refractivity contribution in [2.75, 3.05) is 0 Å². The summed E-state index contributed by atoms with van der Waals surface area (Å²) in [6, 6.07) is 51.6. The van der Waals surface area contributed by atoms with E-state index in [1.165, 1.54) is 17.3 Å². The molecule has 0 N–H and O–H groups in total. The third kappa shape index (κ3) is 7.63. The number of nitrogens with zero attached hydrogens (tertiary/aromatic N) is 3. The van der Waals surface area contributed by atoms with Crippen LogP contribution in [0.3, 0.4) is 0 Å². The molecule has 7 aromatic carbocycles. The van der Waals surface area contributed by atoms with Gasteiger partial charge in [0.05, 0.1) is 30.5 Å². The molecular formula is C52H41F2IrN3OSi-2. The Morgan fingerprint density at radius 2 is 1.50 bits per heavy atom. The van der Waals surface area contributed by atoms with Crippen LogP contribution in [-0.2, 0) is 20.1 Å². The molecule has 8 heteroatoms.